The number of likely N-dealkylation sites (tertiary alicyclic amines) is 1. The molecular weight excluding hydrogens is 359 g/mol. The molecule has 2 aromatic rings. The highest BCUT2D eigenvalue weighted by Crippen LogP contribution is 2.18. The fourth-order valence-corrected chi connectivity index (χ4v) is 3.88. The Morgan fingerprint density at radius 3 is 2.32 bits per heavy atom. The van der Waals surface area contributed by atoms with Crippen molar-refractivity contribution in [1.82, 2.24) is 14.8 Å². The third kappa shape index (κ3) is 4.09. The Balaban J connectivity index is 1.30. The van der Waals surface area contributed by atoms with Crippen LogP contribution in [0.3, 0.4) is 0 Å². The summed E-state index contributed by atoms with van der Waals surface area (Å²) < 4.78 is 13.1. The molecule has 28 heavy (non-hydrogen) atoms. The summed E-state index contributed by atoms with van der Waals surface area (Å²) in [5.41, 5.74) is 2.05. The number of aromatic nitrogens is 1. The molecule has 2 aliphatic rings. The van der Waals surface area contributed by atoms with E-state index in [4.69, 9.17) is 0 Å². The van der Waals surface area contributed by atoms with Crippen LogP contribution < -0.4 is 4.90 Å². The van der Waals surface area contributed by atoms with Crippen molar-refractivity contribution in [3.8, 4) is 0 Å². The molecule has 148 valence electrons. The predicted molar refractivity (Wildman–Crippen MR) is 105 cm³/mol. The lowest BCUT2D eigenvalue weighted by Gasteiger charge is -2.35. The van der Waals surface area contributed by atoms with E-state index in [9.17, 15) is 14.0 Å². The average Bonchev–Trinajstić information content (AvgIpc) is 3.41. The zero-order valence-electron chi connectivity index (χ0n) is 15.9. The predicted octanol–water partition coefficient (Wildman–Crippen LogP) is 2.39. The van der Waals surface area contributed by atoms with Crippen molar-refractivity contribution in [3.05, 3.63) is 53.6 Å². The van der Waals surface area contributed by atoms with Crippen molar-refractivity contribution < 1.29 is 14.0 Å². The molecule has 6 nitrogen and oxygen atoms in total. The van der Waals surface area contributed by atoms with Gasteiger partial charge in [0.15, 0.2) is 5.78 Å². The number of nitrogens with zero attached hydrogens (tertiary/aromatic N) is 3. The fourth-order valence-electron chi connectivity index (χ4n) is 3.88. The van der Waals surface area contributed by atoms with Crippen LogP contribution in [0.1, 0.15) is 33.7 Å². The van der Waals surface area contributed by atoms with Gasteiger partial charge in [-0.1, -0.05) is 0 Å². The minimum absolute atomic E-state index is 0.0203. The number of rotatable bonds is 5. The molecule has 0 aliphatic carbocycles. The highest BCUT2D eigenvalue weighted by Gasteiger charge is 2.23. The standard InChI is InChI=1S/C21H25FN4O2/c22-17-3-5-18(6-4-17)25-11-9-24(10-12-25)15-20(27)16-13-19(23-14-16)21(28)26-7-1-2-8-26/h3-6,13-14,23H,1-2,7-12,15H2. The molecule has 2 aliphatic heterocycles. The Morgan fingerprint density at radius 1 is 0.964 bits per heavy atom. The Labute approximate surface area is 163 Å². The molecule has 3 heterocycles. The van der Waals surface area contributed by atoms with Gasteiger partial charge in [0.1, 0.15) is 11.5 Å². The summed E-state index contributed by atoms with van der Waals surface area (Å²) in [5, 5.41) is 0. The maximum absolute atomic E-state index is 13.1. The fraction of sp³-hybridized carbons (Fsp3) is 0.429. The number of carbonyl (C=O) groups excluding carboxylic acids is 2. The van der Waals surface area contributed by atoms with E-state index >= 15 is 0 Å². The van der Waals surface area contributed by atoms with Gasteiger partial charge in [-0.25, -0.2) is 4.39 Å². The smallest absolute Gasteiger partial charge is 0.270 e. The van der Waals surface area contributed by atoms with E-state index < -0.39 is 0 Å². The van der Waals surface area contributed by atoms with Crippen molar-refractivity contribution in [3.63, 3.8) is 0 Å². The van der Waals surface area contributed by atoms with Gasteiger partial charge < -0.3 is 14.8 Å². The van der Waals surface area contributed by atoms with Crippen LogP contribution in [0.25, 0.3) is 0 Å². The number of nitrogens with one attached hydrogen (secondary N) is 1. The lowest BCUT2D eigenvalue weighted by Crippen LogP contribution is -2.48. The zero-order chi connectivity index (χ0) is 19.5. The molecule has 0 spiro atoms. The molecule has 0 bridgehead atoms. The molecule has 2 saturated heterocycles. The summed E-state index contributed by atoms with van der Waals surface area (Å²) in [6.45, 7) is 5.06. The van der Waals surface area contributed by atoms with E-state index in [1.165, 1.54) is 12.1 Å². The molecule has 2 fully saturated rings. The number of anilines is 1. The Morgan fingerprint density at radius 2 is 1.64 bits per heavy atom. The van der Waals surface area contributed by atoms with Crippen molar-refractivity contribution in [1.29, 1.82) is 0 Å². The second kappa shape index (κ2) is 8.14. The Bertz CT molecular complexity index is 834. The highest BCUT2D eigenvalue weighted by atomic mass is 19.1. The number of halogens is 1. The third-order valence-electron chi connectivity index (χ3n) is 5.56. The van der Waals surface area contributed by atoms with Gasteiger partial charge in [-0.15, -0.1) is 0 Å². The van der Waals surface area contributed by atoms with Gasteiger partial charge in [-0.05, 0) is 43.2 Å². The van der Waals surface area contributed by atoms with E-state index in [0.717, 1.165) is 57.8 Å². The zero-order valence-corrected chi connectivity index (χ0v) is 15.9. The number of hydrogen-bond acceptors (Lipinski definition) is 4. The molecule has 0 saturated carbocycles. The molecule has 4 rings (SSSR count). The summed E-state index contributed by atoms with van der Waals surface area (Å²) >= 11 is 0. The van der Waals surface area contributed by atoms with Crippen LogP contribution in [-0.4, -0.2) is 72.3 Å². The summed E-state index contributed by atoms with van der Waals surface area (Å²) in [7, 11) is 0. The number of piperazine rings is 1. The number of ketones is 1. The quantitative estimate of drug-likeness (QED) is 0.805. The second-order valence-electron chi connectivity index (χ2n) is 7.46. The van der Waals surface area contributed by atoms with Crippen LogP contribution in [0.4, 0.5) is 10.1 Å². The van der Waals surface area contributed by atoms with Gasteiger partial charge in [0.25, 0.3) is 5.91 Å². The first-order valence-electron chi connectivity index (χ1n) is 9.84. The van der Waals surface area contributed by atoms with Crippen molar-refractivity contribution in [2.45, 2.75) is 12.8 Å². The molecule has 1 N–H and O–H groups in total. The summed E-state index contributed by atoms with van der Waals surface area (Å²) in [6.07, 6.45) is 3.73. The number of amides is 1. The minimum atomic E-state index is -0.234. The van der Waals surface area contributed by atoms with E-state index in [1.807, 2.05) is 4.90 Å². The lowest BCUT2D eigenvalue weighted by molar-refractivity contribution is 0.0787. The normalized spacial score (nSPS) is 17.9. The maximum Gasteiger partial charge on any atom is 0.270 e. The number of benzene rings is 1. The first-order chi connectivity index (χ1) is 13.6. The van der Waals surface area contributed by atoms with Gasteiger partial charge in [0.2, 0.25) is 0 Å². The van der Waals surface area contributed by atoms with Crippen LogP contribution in [-0.2, 0) is 0 Å². The van der Waals surface area contributed by atoms with E-state index in [-0.39, 0.29) is 17.5 Å². The van der Waals surface area contributed by atoms with E-state index in [2.05, 4.69) is 14.8 Å². The molecule has 0 unspecified atom stereocenters. The monoisotopic (exact) mass is 384 g/mol. The van der Waals surface area contributed by atoms with Crippen LogP contribution >= 0.6 is 0 Å². The van der Waals surface area contributed by atoms with Crippen LogP contribution in [0.15, 0.2) is 36.5 Å². The van der Waals surface area contributed by atoms with Gasteiger partial charge in [0.05, 0.1) is 6.54 Å². The van der Waals surface area contributed by atoms with Gasteiger partial charge in [-0.3, -0.25) is 14.5 Å². The van der Waals surface area contributed by atoms with E-state index in [1.54, 1.807) is 24.4 Å². The maximum atomic E-state index is 13.1. The van der Waals surface area contributed by atoms with Crippen molar-refractivity contribution in [2.24, 2.45) is 0 Å². The summed E-state index contributed by atoms with van der Waals surface area (Å²) in [4.78, 5) is 34.1. The molecule has 7 heteroatoms. The van der Waals surface area contributed by atoms with E-state index in [0.29, 0.717) is 17.8 Å². The summed E-state index contributed by atoms with van der Waals surface area (Å²) in [6, 6.07) is 8.19. The van der Waals surface area contributed by atoms with Gasteiger partial charge in [0, 0.05) is 56.7 Å². The average molecular weight is 384 g/mol. The van der Waals surface area contributed by atoms with Gasteiger partial charge >= 0.3 is 0 Å². The minimum Gasteiger partial charge on any atom is -0.369 e. The molecule has 1 aromatic heterocycles. The second-order valence-corrected chi connectivity index (χ2v) is 7.46. The van der Waals surface area contributed by atoms with Crippen molar-refractivity contribution in [2.75, 3.05) is 50.7 Å². The van der Waals surface area contributed by atoms with Crippen LogP contribution in [0.2, 0.25) is 0 Å². The molecule has 0 radical (unpaired) electrons. The Kier molecular flexibility index (Phi) is 5.43. The van der Waals surface area contributed by atoms with Crippen LogP contribution in [0, 0.1) is 5.82 Å². The number of carbonyl (C=O) groups is 2. The molecule has 1 amide bonds. The first-order valence-corrected chi connectivity index (χ1v) is 9.84. The van der Waals surface area contributed by atoms with Crippen LogP contribution in [0.5, 0.6) is 0 Å². The third-order valence-corrected chi connectivity index (χ3v) is 5.56. The Hall–Kier alpha value is -2.67. The first kappa shape index (κ1) is 18.7. The SMILES string of the molecule is O=C(CN1CCN(c2ccc(F)cc2)CC1)c1c[nH]c(C(=O)N2CCCC2)c1. The molecular formula is C21H25FN4O2. The number of hydrogen-bond donors (Lipinski definition) is 1. The highest BCUT2D eigenvalue weighted by molar-refractivity contribution is 6.01. The topological polar surface area (TPSA) is 59.7 Å². The lowest BCUT2D eigenvalue weighted by atomic mass is 10.1. The van der Waals surface area contributed by atoms with Crippen molar-refractivity contribution >= 4 is 17.4 Å². The number of H-pyrrole nitrogens is 1. The number of Topliss-reactive ketones (excluding diaryl/α,β-unsaturated/α-hetero) is 1. The number of aromatic amines is 1. The summed E-state index contributed by atoms with van der Waals surface area (Å²) in [5.74, 6) is -0.238. The van der Waals surface area contributed by atoms with Gasteiger partial charge in [-0.2, -0.15) is 0 Å². The molecule has 1 aromatic carbocycles. The molecule has 0 atom stereocenters. The largest absolute Gasteiger partial charge is 0.369 e.